The maximum absolute atomic E-state index is 13.0. The lowest BCUT2D eigenvalue weighted by Gasteiger charge is -2.05. The van der Waals surface area contributed by atoms with Crippen LogP contribution in [0.25, 0.3) is 0 Å². The molecule has 2 nitrogen and oxygen atoms in total. The highest BCUT2D eigenvalue weighted by atomic mass is 19.1. The molecule has 0 spiro atoms. The van der Waals surface area contributed by atoms with Crippen molar-refractivity contribution in [1.29, 1.82) is 0 Å². The van der Waals surface area contributed by atoms with Gasteiger partial charge in [0.1, 0.15) is 5.82 Å². The second-order valence-corrected chi connectivity index (χ2v) is 2.92. The fourth-order valence-corrected chi connectivity index (χ4v) is 0.995. The third-order valence-electron chi connectivity index (χ3n) is 1.63. The smallest absolute Gasteiger partial charge is 0.311 e. The minimum absolute atomic E-state index is 0.0518. The van der Waals surface area contributed by atoms with Crippen molar-refractivity contribution in [2.24, 2.45) is 0 Å². The molecule has 15 heavy (non-hydrogen) atoms. The largest absolute Gasteiger partial charge is 0.420 e. The lowest BCUT2D eigenvalue weighted by molar-refractivity contribution is -0.134. The maximum atomic E-state index is 13.0. The predicted molar refractivity (Wildman–Crippen MR) is 46.9 cm³/mol. The zero-order chi connectivity index (χ0) is 11.4. The van der Waals surface area contributed by atoms with Crippen LogP contribution in [0.15, 0.2) is 12.1 Å². The first-order chi connectivity index (χ1) is 7.04. The summed E-state index contributed by atoms with van der Waals surface area (Å²) in [5.41, 5.74) is 0. The zero-order valence-corrected chi connectivity index (χ0v) is 8.02. The van der Waals surface area contributed by atoms with E-state index in [1.165, 1.54) is 0 Å². The van der Waals surface area contributed by atoms with Crippen LogP contribution in [0.5, 0.6) is 5.75 Å². The summed E-state index contributed by atoms with van der Waals surface area (Å²) in [6, 6.07) is 0.912. The molecular formula is C10H9F3O2. The van der Waals surface area contributed by atoms with Gasteiger partial charge in [-0.15, -0.1) is 0 Å². The molecule has 0 fully saturated rings. The van der Waals surface area contributed by atoms with E-state index in [9.17, 15) is 18.0 Å². The van der Waals surface area contributed by atoms with Gasteiger partial charge >= 0.3 is 5.97 Å². The number of hydrogen-bond donors (Lipinski definition) is 0. The fraction of sp³-hybridized carbons (Fsp3) is 0.300. The van der Waals surface area contributed by atoms with Crippen molar-refractivity contribution in [1.82, 2.24) is 0 Å². The molecule has 5 heteroatoms. The molecule has 1 aromatic carbocycles. The molecular weight excluding hydrogens is 209 g/mol. The number of ether oxygens (including phenoxy) is 1. The molecule has 82 valence electrons. The standard InChI is InChI=1S/C10H9F3O2/c1-2-3-9(14)15-10-7(12)4-6(11)5-8(10)13/h4-5H,2-3H2,1H3. The molecule has 0 aliphatic rings. The summed E-state index contributed by atoms with van der Waals surface area (Å²) in [5, 5.41) is 0. The van der Waals surface area contributed by atoms with Gasteiger partial charge in [-0.3, -0.25) is 4.79 Å². The van der Waals surface area contributed by atoms with Crippen LogP contribution >= 0.6 is 0 Å². The predicted octanol–water partition coefficient (Wildman–Crippen LogP) is 2.81. The van der Waals surface area contributed by atoms with E-state index >= 15 is 0 Å². The van der Waals surface area contributed by atoms with Gasteiger partial charge < -0.3 is 4.74 Å². The van der Waals surface area contributed by atoms with Crippen LogP contribution in [0.3, 0.4) is 0 Å². The summed E-state index contributed by atoms with van der Waals surface area (Å²) in [4.78, 5) is 11.0. The van der Waals surface area contributed by atoms with E-state index in [0.717, 1.165) is 0 Å². The van der Waals surface area contributed by atoms with Crippen molar-refractivity contribution < 1.29 is 22.7 Å². The molecule has 1 rings (SSSR count). The SMILES string of the molecule is CCCC(=O)Oc1c(F)cc(F)cc1F. The van der Waals surface area contributed by atoms with Gasteiger partial charge in [-0.05, 0) is 6.42 Å². The molecule has 0 saturated heterocycles. The number of halogens is 3. The highest BCUT2D eigenvalue weighted by molar-refractivity contribution is 5.72. The molecule has 0 aliphatic heterocycles. The monoisotopic (exact) mass is 218 g/mol. The van der Waals surface area contributed by atoms with E-state index in [4.69, 9.17) is 0 Å². The van der Waals surface area contributed by atoms with Crippen LogP contribution in [0, 0.1) is 17.5 Å². The van der Waals surface area contributed by atoms with Crippen LogP contribution in [-0.4, -0.2) is 5.97 Å². The van der Waals surface area contributed by atoms with Crippen molar-refractivity contribution in [3.05, 3.63) is 29.6 Å². The van der Waals surface area contributed by atoms with Crippen molar-refractivity contribution in [3.63, 3.8) is 0 Å². The van der Waals surface area contributed by atoms with Gasteiger partial charge in [-0.1, -0.05) is 6.92 Å². The van der Waals surface area contributed by atoms with Crippen molar-refractivity contribution in [3.8, 4) is 5.75 Å². The Balaban J connectivity index is 2.90. The second-order valence-electron chi connectivity index (χ2n) is 2.92. The van der Waals surface area contributed by atoms with Crippen LogP contribution < -0.4 is 4.74 Å². The fourth-order valence-electron chi connectivity index (χ4n) is 0.995. The first-order valence-corrected chi connectivity index (χ1v) is 4.39. The first-order valence-electron chi connectivity index (χ1n) is 4.39. The molecule has 0 amide bonds. The summed E-state index contributed by atoms with van der Waals surface area (Å²) >= 11 is 0. The van der Waals surface area contributed by atoms with Gasteiger partial charge in [0.05, 0.1) is 0 Å². The molecule has 0 unspecified atom stereocenters. The number of rotatable bonds is 3. The number of carbonyl (C=O) groups excluding carboxylic acids is 1. The van der Waals surface area contributed by atoms with Gasteiger partial charge in [0, 0.05) is 18.6 Å². The lowest BCUT2D eigenvalue weighted by Crippen LogP contribution is -2.09. The van der Waals surface area contributed by atoms with Crippen molar-refractivity contribution in [2.45, 2.75) is 19.8 Å². The third kappa shape index (κ3) is 2.97. The van der Waals surface area contributed by atoms with E-state index in [0.29, 0.717) is 18.6 Å². The van der Waals surface area contributed by atoms with Crippen molar-refractivity contribution in [2.75, 3.05) is 0 Å². The molecule has 0 atom stereocenters. The van der Waals surface area contributed by atoms with Gasteiger partial charge in [0.25, 0.3) is 0 Å². The highest BCUT2D eigenvalue weighted by Crippen LogP contribution is 2.23. The molecule has 0 aromatic heterocycles. The van der Waals surface area contributed by atoms with E-state index < -0.39 is 29.2 Å². The van der Waals surface area contributed by atoms with Crippen LogP contribution in [0.2, 0.25) is 0 Å². The summed E-state index contributed by atoms with van der Waals surface area (Å²) in [7, 11) is 0. The number of hydrogen-bond acceptors (Lipinski definition) is 2. The number of benzene rings is 1. The van der Waals surface area contributed by atoms with Crippen molar-refractivity contribution >= 4 is 5.97 Å². The summed E-state index contributed by atoms with van der Waals surface area (Å²) in [6.45, 7) is 1.72. The molecule has 0 bridgehead atoms. The van der Waals surface area contributed by atoms with E-state index in [1.54, 1.807) is 6.92 Å². The summed E-state index contributed by atoms with van der Waals surface area (Å²) in [6.07, 6.45) is 0.555. The second kappa shape index (κ2) is 4.82. The number of esters is 1. The highest BCUT2D eigenvalue weighted by Gasteiger charge is 2.15. The van der Waals surface area contributed by atoms with Crippen LogP contribution in [0.1, 0.15) is 19.8 Å². The normalized spacial score (nSPS) is 10.1. The Bertz CT molecular complexity index is 354. The third-order valence-corrected chi connectivity index (χ3v) is 1.63. The maximum Gasteiger partial charge on any atom is 0.311 e. The first kappa shape index (κ1) is 11.6. The Labute approximate surface area is 84.7 Å². The Kier molecular flexibility index (Phi) is 3.71. The molecule has 0 N–H and O–H groups in total. The van der Waals surface area contributed by atoms with Crippen LogP contribution in [0.4, 0.5) is 13.2 Å². The minimum atomic E-state index is -1.23. The van der Waals surface area contributed by atoms with Crippen LogP contribution in [-0.2, 0) is 4.79 Å². The molecule has 0 radical (unpaired) electrons. The Hall–Kier alpha value is -1.52. The summed E-state index contributed by atoms with van der Waals surface area (Å²) in [5.74, 6) is -5.11. The van der Waals surface area contributed by atoms with E-state index in [1.807, 2.05) is 0 Å². The molecule has 0 heterocycles. The number of carbonyl (C=O) groups is 1. The minimum Gasteiger partial charge on any atom is -0.420 e. The zero-order valence-electron chi connectivity index (χ0n) is 8.02. The van der Waals surface area contributed by atoms with E-state index in [-0.39, 0.29) is 6.42 Å². The Morgan fingerprint density at radius 3 is 2.27 bits per heavy atom. The van der Waals surface area contributed by atoms with Gasteiger partial charge in [0.15, 0.2) is 11.6 Å². The molecule has 0 saturated carbocycles. The average molecular weight is 218 g/mol. The summed E-state index contributed by atoms with van der Waals surface area (Å²) < 4.78 is 42.8. The lowest BCUT2D eigenvalue weighted by atomic mass is 10.3. The average Bonchev–Trinajstić information content (AvgIpc) is 2.11. The van der Waals surface area contributed by atoms with E-state index in [2.05, 4.69) is 4.74 Å². The van der Waals surface area contributed by atoms with Gasteiger partial charge in [0.2, 0.25) is 5.75 Å². The molecule has 1 aromatic rings. The Morgan fingerprint density at radius 1 is 1.27 bits per heavy atom. The molecule has 0 aliphatic carbocycles. The van der Waals surface area contributed by atoms with Gasteiger partial charge in [-0.2, -0.15) is 0 Å². The quantitative estimate of drug-likeness (QED) is 0.576. The Morgan fingerprint density at radius 2 is 1.80 bits per heavy atom. The van der Waals surface area contributed by atoms with Gasteiger partial charge in [-0.25, -0.2) is 13.2 Å². The topological polar surface area (TPSA) is 26.3 Å².